The van der Waals surface area contributed by atoms with Crippen LogP contribution in [0.25, 0.3) is 11.3 Å². The number of rotatable bonds is 5. The predicted octanol–water partition coefficient (Wildman–Crippen LogP) is 3.36. The lowest BCUT2D eigenvalue weighted by molar-refractivity contribution is 0.571. The quantitative estimate of drug-likeness (QED) is 0.877. The molecule has 0 aliphatic heterocycles. The Morgan fingerprint density at radius 3 is 2.72 bits per heavy atom. The third-order valence-corrected chi connectivity index (χ3v) is 3.07. The predicted molar refractivity (Wildman–Crippen MR) is 73.4 cm³/mol. The summed E-state index contributed by atoms with van der Waals surface area (Å²) >= 11 is 0. The van der Waals surface area contributed by atoms with Crippen molar-refractivity contribution in [2.75, 3.05) is 6.54 Å². The van der Waals surface area contributed by atoms with E-state index in [2.05, 4.69) is 37.0 Å². The molecule has 1 aromatic carbocycles. The normalized spacial score (nSPS) is 11.1. The highest BCUT2D eigenvalue weighted by Crippen LogP contribution is 2.26. The first-order valence-electron chi connectivity index (χ1n) is 6.43. The number of nitrogens with zero attached hydrogens (tertiary/aromatic N) is 1. The van der Waals surface area contributed by atoms with Gasteiger partial charge in [0.15, 0.2) is 12.2 Å². The molecule has 96 valence electrons. The van der Waals surface area contributed by atoms with Crippen molar-refractivity contribution < 1.29 is 4.42 Å². The van der Waals surface area contributed by atoms with Crippen LogP contribution in [0.15, 0.2) is 35.2 Å². The highest BCUT2D eigenvalue weighted by Gasteiger charge is 2.08. The van der Waals surface area contributed by atoms with Gasteiger partial charge < -0.3 is 10.2 Å². The van der Waals surface area contributed by atoms with Crippen LogP contribution in [0, 0.1) is 0 Å². The summed E-state index contributed by atoms with van der Waals surface area (Å²) in [5, 5.41) is 0. The van der Waals surface area contributed by atoms with Crippen molar-refractivity contribution in [1.29, 1.82) is 0 Å². The molecular formula is C15H20N2O. The molecule has 0 saturated carbocycles. The number of benzene rings is 1. The van der Waals surface area contributed by atoms with Gasteiger partial charge in [-0.3, -0.25) is 0 Å². The zero-order valence-electron chi connectivity index (χ0n) is 11.0. The van der Waals surface area contributed by atoms with E-state index in [0.29, 0.717) is 5.92 Å². The van der Waals surface area contributed by atoms with Crippen molar-refractivity contribution in [3.63, 3.8) is 0 Å². The molecule has 1 heterocycles. The molecule has 0 atom stereocenters. The lowest BCUT2D eigenvalue weighted by Gasteiger charge is -2.11. The molecule has 2 N–H and O–H groups in total. The van der Waals surface area contributed by atoms with Gasteiger partial charge in [0.1, 0.15) is 0 Å². The monoisotopic (exact) mass is 244 g/mol. The van der Waals surface area contributed by atoms with E-state index in [-0.39, 0.29) is 0 Å². The number of hydrogen-bond donors (Lipinski definition) is 1. The fourth-order valence-corrected chi connectivity index (χ4v) is 2.00. The van der Waals surface area contributed by atoms with Gasteiger partial charge in [0.05, 0.1) is 6.20 Å². The summed E-state index contributed by atoms with van der Waals surface area (Å²) < 4.78 is 5.38. The number of aryl methyl sites for hydroxylation is 1. The first-order chi connectivity index (χ1) is 8.70. The smallest absolute Gasteiger partial charge is 0.181 e. The Balaban J connectivity index is 2.36. The average Bonchev–Trinajstić information content (AvgIpc) is 2.89. The zero-order valence-corrected chi connectivity index (χ0v) is 11.0. The summed E-state index contributed by atoms with van der Waals surface area (Å²) in [5.41, 5.74) is 9.33. The maximum Gasteiger partial charge on any atom is 0.181 e. The molecule has 0 aliphatic rings. The van der Waals surface area contributed by atoms with Crippen LogP contribution in [0.1, 0.15) is 37.3 Å². The maximum absolute atomic E-state index is 5.58. The van der Waals surface area contributed by atoms with Gasteiger partial charge in [0.2, 0.25) is 0 Å². The van der Waals surface area contributed by atoms with Gasteiger partial charge in [0, 0.05) is 5.56 Å². The van der Waals surface area contributed by atoms with Crippen molar-refractivity contribution in [3.8, 4) is 11.3 Å². The Hall–Kier alpha value is -1.61. The fraction of sp³-hybridized carbons (Fsp3) is 0.400. The van der Waals surface area contributed by atoms with Crippen LogP contribution in [0.3, 0.4) is 0 Å². The Labute approximate surface area is 108 Å². The summed E-state index contributed by atoms with van der Waals surface area (Å²) in [6, 6.07) is 6.61. The molecule has 0 spiro atoms. The molecule has 0 amide bonds. The van der Waals surface area contributed by atoms with Crippen LogP contribution in [0.4, 0.5) is 0 Å². The Morgan fingerprint density at radius 2 is 2.11 bits per heavy atom. The minimum Gasteiger partial charge on any atom is -0.444 e. The van der Waals surface area contributed by atoms with Crippen LogP contribution >= 0.6 is 0 Å². The third kappa shape index (κ3) is 2.99. The Bertz CT molecular complexity index is 489. The second-order valence-electron chi connectivity index (χ2n) is 4.88. The van der Waals surface area contributed by atoms with Gasteiger partial charge in [-0.05, 0) is 48.6 Å². The van der Waals surface area contributed by atoms with Gasteiger partial charge in [0.25, 0.3) is 0 Å². The summed E-state index contributed by atoms with van der Waals surface area (Å²) in [7, 11) is 0. The van der Waals surface area contributed by atoms with Crippen LogP contribution in [0.5, 0.6) is 0 Å². The standard InChI is InChI=1S/C15H20N2O/c1-11(2)13-6-12(4-3-5-16)7-14(8-13)15-9-17-10-18-15/h6-11H,3-5,16H2,1-2H3. The fourth-order valence-electron chi connectivity index (χ4n) is 2.00. The highest BCUT2D eigenvalue weighted by atomic mass is 16.3. The number of oxazole rings is 1. The molecule has 2 rings (SSSR count). The molecule has 0 fully saturated rings. The second kappa shape index (κ2) is 5.83. The molecule has 0 unspecified atom stereocenters. The van der Waals surface area contributed by atoms with Crippen LogP contribution in [-0.4, -0.2) is 11.5 Å². The number of hydrogen-bond acceptors (Lipinski definition) is 3. The van der Waals surface area contributed by atoms with Crippen molar-refractivity contribution in [2.45, 2.75) is 32.6 Å². The van der Waals surface area contributed by atoms with E-state index < -0.39 is 0 Å². The molecule has 0 radical (unpaired) electrons. The number of aromatic nitrogens is 1. The lowest BCUT2D eigenvalue weighted by atomic mass is 9.95. The van der Waals surface area contributed by atoms with E-state index in [1.807, 2.05) is 0 Å². The lowest BCUT2D eigenvalue weighted by Crippen LogP contribution is -2.01. The molecule has 1 aromatic heterocycles. The SMILES string of the molecule is CC(C)c1cc(CCCN)cc(-c2cnco2)c1. The first-order valence-corrected chi connectivity index (χ1v) is 6.43. The highest BCUT2D eigenvalue weighted by molar-refractivity contribution is 5.59. The van der Waals surface area contributed by atoms with Gasteiger partial charge in [-0.1, -0.05) is 19.9 Å². The Morgan fingerprint density at radius 1 is 1.28 bits per heavy atom. The van der Waals surface area contributed by atoms with E-state index in [0.717, 1.165) is 30.7 Å². The molecule has 18 heavy (non-hydrogen) atoms. The van der Waals surface area contributed by atoms with E-state index in [9.17, 15) is 0 Å². The summed E-state index contributed by atoms with van der Waals surface area (Å²) in [6.45, 7) is 5.13. The topological polar surface area (TPSA) is 52.0 Å². The van der Waals surface area contributed by atoms with Crippen molar-refractivity contribution in [2.24, 2.45) is 5.73 Å². The third-order valence-electron chi connectivity index (χ3n) is 3.07. The van der Waals surface area contributed by atoms with Crippen LogP contribution in [0.2, 0.25) is 0 Å². The molecule has 2 aromatic rings. The zero-order chi connectivity index (χ0) is 13.0. The minimum atomic E-state index is 0.504. The molecule has 3 heteroatoms. The van der Waals surface area contributed by atoms with Crippen molar-refractivity contribution in [3.05, 3.63) is 41.9 Å². The van der Waals surface area contributed by atoms with E-state index in [4.69, 9.17) is 10.2 Å². The second-order valence-corrected chi connectivity index (χ2v) is 4.88. The van der Waals surface area contributed by atoms with E-state index >= 15 is 0 Å². The maximum atomic E-state index is 5.58. The Kier molecular flexibility index (Phi) is 4.15. The van der Waals surface area contributed by atoms with E-state index in [1.165, 1.54) is 17.5 Å². The van der Waals surface area contributed by atoms with Crippen LogP contribution < -0.4 is 5.73 Å². The first kappa shape index (κ1) is 12.8. The average molecular weight is 244 g/mol. The van der Waals surface area contributed by atoms with Gasteiger partial charge in [-0.15, -0.1) is 0 Å². The summed E-state index contributed by atoms with van der Waals surface area (Å²) in [4.78, 5) is 3.98. The summed E-state index contributed by atoms with van der Waals surface area (Å²) in [6.07, 6.45) is 5.25. The van der Waals surface area contributed by atoms with Crippen molar-refractivity contribution in [1.82, 2.24) is 4.98 Å². The molecule has 3 nitrogen and oxygen atoms in total. The largest absolute Gasteiger partial charge is 0.444 e. The van der Waals surface area contributed by atoms with Gasteiger partial charge >= 0.3 is 0 Å². The minimum absolute atomic E-state index is 0.504. The van der Waals surface area contributed by atoms with Crippen LogP contribution in [-0.2, 0) is 6.42 Å². The van der Waals surface area contributed by atoms with Gasteiger partial charge in [-0.25, -0.2) is 4.98 Å². The van der Waals surface area contributed by atoms with Gasteiger partial charge in [-0.2, -0.15) is 0 Å². The molecule has 0 aliphatic carbocycles. The molecule has 0 bridgehead atoms. The van der Waals surface area contributed by atoms with Crippen molar-refractivity contribution >= 4 is 0 Å². The summed E-state index contributed by atoms with van der Waals surface area (Å²) in [5.74, 6) is 1.33. The van der Waals surface area contributed by atoms with E-state index in [1.54, 1.807) is 6.20 Å². The number of nitrogens with two attached hydrogens (primary N) is 1. The molecule has 0 saturated heterocycles. The molecular weight excluding hydrogens is 224 g/mol.